The number of carbonyl (C=O) groups excluding carboxylic acids is 2. The van der Waals surface area contributed by atoms with E-state index in [0.29, 0.717) is 23.1 Å². The van der Waals surface area contributed by atoms with Crippen molar-refractivity contribution in [1.29, 1.82) is 5.26 Å². The number of rotatable bonds is 4. The van der Waals surface area contributed by atoms with Crippen LogP contribution in [0.5, 0.6) is 0 Å². The smallest absolute Gasteiger partial charge is 0.252 e. The van der Waals surface area contributed by atoms with E-state index in [1.165, 1.54) is 10.5 Å². The van der Waals surface area contributed by atoms with Crippen molar-refractivity contribution in [2.45, 2.75) is 24.8 Å². The van der Waals surface area contributed by atoms with E-state index in [0.717, 1.165) is 37.0 Å². The standard InChI is InChI=1S/C21H22N4O3S/c22-10-16-12-29-13-25(16)20(26)11-24-21(27)17-3-6-23-19-2-1-15(9-18(17)19)14-4-7-28-8-5-14/h1-3,6,9,14,16H,4-5,7-8,11-13H2,(H,24,27)/t16-/m1/s1. The lowest BCUT2D eigenvalue weighted by molar-refractivity contribution is -0.129. The van der Waals surface area contributed by atoms with E-state index >= 15 is 0 Å². The number of ether oxygens (including phenoxy) is 1. The number of hydrogen-bond acceptors (Lipinski definition) is 6. The minimum absolute atomic E-state index is 0.124. The Kier molecular flexibility index (Phi) is 5.97. The van der Waals surface area contributed by atoms with Crippen molar-refractivity contribution < 1.29 is 14.3 Å². The summed E-state index contributed by atoms with van der Waals surface area (Å²) in [5.74, 6) is 0.965. The van der Waals surface area contributed by atoms with E-state index in [2.05, 4.69) is 22.4 Å². The SMILES string of the molecule is N#C[C@@H]1CSCN1C(=O)CNC(=O)c1ccnc2ccc(C3CCOCC3)cc12. The van der Waals surface area contributed by atoms with Gasteiger partial charge in [-0.1, -0.05) is 6.07 Å². The van der Waals surface area contributed by atoms with E-state index in [9.17, 15) is 9.59 Å². The predicted octanol–water partition coefficient (Wildman–Crippen LogP) is 2.28. The van der Waals surface area contributed by atoms with Gasteiger partial charge in [0.1, 0.15) is 6.04 Å². The van der Waals surface area contributed by atoms with Crippen LogP contribution >= 0.6 is 11.8 Å². The quantitative estimate of drug-likeness (QED) is 0.831. The topological polar surface area (TPSA) is 95.3 Å². The molecule has 1 atom stereocenters. The highest BCUT2D eigenvalue weighted by Crippen LogP contribution is 2.30. The van der Waals surface area contributed by atoms with Crippen LogP contribution in [-0.4, -0.2) is 59.1 Å². The molecule has 0 aliphatic carbocycles. The van der Waals surface area contributed by atoms with Crippen LogP contribution in [0.1, 0.15) is 34.7 Å². The van der Waals surface area contributed by atoms with Gasteiger partial charge in [0, 0.05) is 30.5 Å². The normalized spacial score (nSPS) is 19.8. The molecule has 8 heteroatoms. The van der Waals surface area contributed by atoms with Gasteiger partial charge >= 0.3 is 0 Å². The highest BCUT2D eigenvalue weighted by Gasteiger charge is 2.29. The van der Waals surface area contributed by atoms with Gasteiger partial charge < -0.3 is 15.0 Å². The third-order valence-electron chi connectivity index (χ3n) is 5.45. The van der Waals surface area contributed by atoms with Crippen LogP contribution in [0.25, 0.3) is 10.9 Å². The number of nitriles is 1. The van der Waals surface area contributed by atoms with Crippen molar-refractivity contribution in [3.05, 3.63) is 41.6 Å². The Morgan fingerprint density at radius 1 is 1.31 bits per heavy atom. The fraction of sp³-hybridized carbons (Fsp3) is 0.429. The number of carbonyl (C=O) groups is 2. The number of nitrogens with zero attached hydrogens (tertiary/aromatic N) is 3. The first-order valence-electron chi connectivity index (χ1n) is 9.69. The molecule has 0 radical (unpaired) electrons. The number of nitrogens with one attached hydrogen (secondary N) is 1. The van der Waals surface area contributed by atoms with E-state index in [1.807, 2.05) is 12.1 Å². The average molecular weight is 410 g/mol. The van der Waals surface area contributed by atoms with Gasteiger partial charge in [0.05, 0.1) is 29.6 Å². The van der Waals surface area contributed by atoms with Gasteiger partial charge in [-0.15, -0.1) is 11.8 Å². The zero-order valence-corrected chi connectivity index (χ0v) is 16.8. The molecule has 2 aromatic rings. The number of thioether (sulfide) groups is 1. The summed E-state index contributed by atoms with van der Waals surface area (Å²) in [6, 6.07) is 9.45. The molecule has 4 rings (SSSR count). The molecule has 150 valence electrons. The number of benzene rings is 1. The molecule has 3 heterocycles. The molecule has 0 unspecified atom stereocenters. The van der Waals surface area contributed by atoms with Gasteiger partial charge in [0.25, 0.3) is 5.91 Å². The second-order valence-electron chi connectivity index (χ2n) is 7.21. The lowest BCUT2D eigenvalue weighted by Gasteiger charge is -2.22. The number of hydrogen-bond donors (Lipinski definition) is 1. The maximum absolute atomic E-state index is 12.8. The van der Waals surface area contributed by atoms with Gasteiger partial charge in [-0.2, -0.15) is 5.26 Å². The van der Waals surface area contributed by atoms with Gasteiger partial charge in [0.15, 0.2) is 0 Å². The fourth-order valence-corrected chi connectivity index (χ4v) is 4.90. The Morgan fingerprint density at radius 3 is 2.93 bits per heavy atom. The highest BCUT2D eigenvalue weighted by molar-refractivity contribution is 7.99. The van der Waals surface area contributed by atoms with Crippen LogP contribution in [0.3, 0.4) is 0 Å². The summed E-state index contributed by atoms with van der Waals surface area (Å²) in [7, 11) is 0. The second-order valence-corrected chi connectivity index (χ2v) is 8.21. The summed E-state index contributed by atoms with van der Waals surface area (Å²) >= 11 is 1.54. The van der Waals surface area contributed by atoms with Gasteiger partial charge in [-0.05, 0) is 42.5 Å². The maximum Gasteiger partial charge on any atom is 0.252 e. The summed E-state index contributed by atoms with van der Waals surface area (Å²) in [6.45, 7) is 1.38. The van der Waals surface area contributed by atoms with E-state index < -0.39 is 6.04 Å². The third-order valence-corrected chi connectivity index (χ3v) is 6.47. The fourth-order valence-electron chi connectivity index (χ4n) is 3.79. The predicted molar refractivity (Wildman–Crippen MR) is 110 cm³/mol. The molecule has 0 spiro atoms. The van der Waals surface area contributed by atoms with Crippen LogP contribution < -0.4 is 5.32 Å². The second kappa shape index (κ2) is 8.80. The first-order valence-corrected chi connectivity index (χ1v) is 10.8. The Balaban J connectivity index is 1.51. The molecule has 0 saturated carbocycles. The summed E-state index contributed by atoms with van der Waals surface area (Å²) in [4.78, 5) is 31.1. The molecule has 2 fully saturated rings. The van der Waals surface area contributed by atoms with Gasteiger partial charge in [-0.3, -0.25) is 14.6 Å². The van der Waals surface area contributed by atoms with Crippen LogP contribution in [-0.2, 0) is 9.53 Å². The van der Waals surface area contributed by atoms with Gasteiger partial charge in [0.2, 0.25) is 5.91 Å². The molecule has 2 aliphatic heterocycles. The van der Waals surface area contributed by atoms with Crippen LogP contribution in [0.15, 0.2) is 30.5 Å². The zero-order chi connectivity index (χ0) is 20.2. The minimum Gasteiger partial charge on any atom is -0.381 e. The van der Waals surface area contributed by atoms with E-state index in [-0.39, 0.29) is 18.4 Å². The molecule has 2 amide bonds. The molecular formula is C21H22N4O3S. The van der Waals surface area contributed by atoms with Crippen LogP contribution in [0, 0.1) is 11.3 Å². The Morgan fingerprint density at radius 2 is 2.14 bits per heavy atom. The molecule has 29 heavy (non-hydrogen) atoms. The monoisotopic (exact) mass is 410 g/mol. The van der Waals surface area contributed by atoms with Crippen LogP contribution in [0.4, 0.5) is 0 Å². The number of aromatic nitrogens is 1. The number of fused-ring (bicyclic) bond motifs is 1. The Hall–Kier alpha value is -2.63. The van der Waals surface area contributed by atoms with Crippen molar-refractivity contribution in [1.82, 2.24) is 15.2 Å². The minimum atomic E-state index is -0.423. The lowest BCUT2D eigenvalue weighted by atomic mass is 9.90. The first kappa shape index (κ1) is 19.7. The van der Waals surface area contributed by atoms with Crippen molar-refractivity contribution in [3.8, 4) is 6.07 Å². The highest BCUT2D eigenvalue weighted by atomic mass is 32.2. The first-order chi connectivity index (χ1) is 14.2. The molecule has 1 aromatic heterocycles. The third kappa shape index (κ3) is 4.21. The molecule has 2 saturated heterocycles. The number of amides is 2. The lowest BCUT2D eigenvalue weighted by Crippen LogP contribution is -2.42. The van der Waals surface area contributed by atoms with Crippen molar-refractivity contribution >= 4 is 34.5 Å². The van der Waals surface area contributed by atoms with Crippen molar-refractivity contribution in [2.24, 2.45) is 0 Å². The summed E-state index contributed by atoms with van der Waals surface area (Å²) in [6.07, 6.45) is 3.54. The molecule has 1 N–H and O–H groups in total. The summed E-state index contributed by atoms with van der Waals surface area (Å²) in [5, 5.41) is 12.6. The Bertz CT molecular complexity index is 968. The van der Waals surface area contributed by atoms with Crippen molar-refractivity contribution in [3.63, 3.8) is 0 Å². The van der Waals surface area contributed by atoms with Crippen molar-refractivity contribution in [2.75, 3.05) is 31.4 Å². The molecule has 1 aromatic carbocycles. The van der Waals surface area contributed by atoms with E-state index in [4.69, 9.17) is 10.00 Å². The van der Waals surface area contributed by atoms with Gasteiger partial charge in [-0.25, -0.2) is 0 Å². The average Bonchev–Trinajstić information content (AvgIpc) is 3.26. The maximum atomic E-state index is 12.8. The molecular weight excluding hydrogens is 388 g/mol. The molecule has 7 nitrogen and oxygen atoms in total. The Labute approximate surface area is 173 Å². The van der Waals surface area contributed by atoms with Crippen LogP contribution in [0.2, 0.25) is 0 Å². The molecule has 2 aliphatic rings. The largest absolute Gasteiger partial charge is 0.381 e. The van der Waals surface area contributed by atoms with E-state index in [1.54, 1.807) is 24.0 Å². The zero-order valence-electron chi connectivity index (χ0n) is 16.0. The number of pyridine rings is 1. The summed E-state index contributed by atoms with van der Waals surface area (Å²) < 4.78 is 5.45. The molecule has 0 bridgehead atoms. The summed E-state index contributed by atoms with van der Waals surface area (Å²) in [5.41, 5.74) is 2.44.